The highest BCUT2D eigenvalue weighted by molar-refractivity contribution is 5.72. The predicted molar refractivity (Wildman–Crippen MR) is 85.0 cm³/mol. The van der Waals surface area contributed by atoms with Crippen LogP contribution in [0, 0.1) is 0 Å². The van der Waals surface area contributed by atoms with E-state index < -0.39 is 12.0 Å². The number of anilines is 1. The van der Waals surface area contributed by atoms with Crippen LogP contribution in [0.1, 0.15) is 36.9 Å². The minimum absolute atomic E-state index is 0.355. The molecule has 0 aromatic carbocycles. The van der Waals surface area contributed by atoms with Gasteiger partial charge in [-0.25, -0.2) is 4.98 Å². The number of fused-ring (bicyclic) bond motifs is 1. The van der Waals surface area contributed by atoms with Gasteiger partial charge < -0.3 is 20.9 Å². The smallest absolute Gasteiger partial charge is 0.320 e. The van der Waals surface area contributed by atoms with E-state index in [0.29, 0.717) is 19.6 Å². The van der Waals surface area contributed by atoms with E-state index in [4.69, 9.17) is 15.6 Å². The van der Waals surface area contributed by atoms with Crippen LogP contribution in [0.15, 0.2) is 12.1 Å². The highest BCUT2D eigenvalue weighted by Gasteiger charge is 2.11. The zero-order chi connectivity index (χ0) is 15.8. The number of aryl methyl sites for hydroxylation is 2. The predicted octanol–water partition coefficient (Wildman–Crippen LogP) is 1.58. The van der Waals surface area contributed by atoms with E-state index in [0.717, 1.165) is 43.7 Å². The molecular weight excluding hydrogens is 282 g/mol. The third-order valence-electron chi connectivity index (χ3n) is 3.81. The van der Waals surface area contributed by atoms with Gasteiger partial charge in [0.15, 0.2) is 0 Å². The number of nitrogens with one attached hydrogen (secondary N) is 1. The number of carbonyl (C=O) groups is 1. The van der Waals surface area contributed by atoms with Gasteiger partial charge in [0.1, 0.15) is 11.9 Å². The molecule has 0 bridgehead atoms. The number of nitrogens with zero attached hydrogens (tertiary/aromatic N) is 1. The number of ether oxygens (including phenoxy) is 1. The molecule has 6 nitrogen and oxygen atoms in total. The van der Waals surface area contributed by atoms with Crippen LogP contribution in [0.25, 0.3) is 0 Å². The largest absolute Gasteiger partial charge is 0.480 e. The molecule has 1 unspecified atom stereocenters. The summed E-state index contributed by atoms with van der Waals surface area (Å²) in [5.41, 5.74) is 7.82. The van der Waals surface area contributed by atoms with E-state index >= 15 is 0 Å². The van der Waals surface area contributed by atoms with Crippen molar-refractivity contribution in [1.82, 2.24) is 4.98 Å². The molecule has 2 heterocycles. The van der Waals surface area contributed by atoms with E-state index in [-0.39, 0.29) is 0 Å². The van der Waals surface area contributed by atoms with Gasteiger partial charge in [-0.1, -0.05) is 6.07 Å². The Labute approximate surface area is 131 Å². The summed E-state index contributed by atoms with van der Waals surface area (Å²) in [6.45, 7) is 2.04. The second-order valence-corrected chi connectivity index (χ2v) is 5.64. The van der Waals surface area contributed by atoms with Gasteiger partial charge in [0.25, 0.3) is 0 Å². The lowest BCUT2D eigenvalue weighted by molar-refractivity contribution is -0.139. The molecule has 0 spiro atoms. The maximum absolute atomic E-state index is 10.5. The zero-order valence-corrected chi connectivity index (χ0v) is 12.9. The van der Waals surface area contributed by atoms with E-state index in [1.54, 1.807) is 0 Å². The van der Waals surface area contributed by atoms with Gasteiger partial charge in [0, 0.05) is 25.5 Å². The lowest BCUT2D eigenvalue weighted by Gasteiger charge is -2.17. The number of nitrogens with two attached hydrogens (primary N) is 1. The van der Waals surface area contributed by atoms with E-state index in [9.17, 15) is 4.79 Å². The van der Waals surface area contributed by atoms with Gasteiger partial charge in [-0.3, -0.25) is 4.79 Å². The number of hydrogen-bond acceptors (Lipinski definition) is 5. The Bertz CT molecular complexity index is 494. The molecule has 22 heavy (non-hydrogen) atoms. The second-order valence-electron chi connectivity index (χ2n) is 5.64. The normalized spacial score (nSPS) is 15.0. The fraction of sp³-hybridized carbons (Fsp3) is 0.625. The maximum Gasteiger partial charge on any atom is 0.320 e. The van der Waals surface area contributed by atoms with Crippen molar-refractivity contribution in [2.75, 3.05) is 25.1 Å². The van der Waals surface area contributed by atoms with Crippen LogP contribution in [0.4, 0.5) is 5.82 Å². The Morgan fingerprint density at radius 1 is 1.41 bits per heavy atom. The average molecular weight is 307 g/mol. The van der Waals surface area contributed by atoms with Crippen molar-refractivity contribution in [3.63, 3.8) is 0 Å². The van der Waals surface area contributed by atoms with Crippen LogP contribution in [-0.2, 0) is 22.4 Å². The van der Waals surface area contributed by atoms with Gasteiger partial charge in [-0.05, 0) is 50.2 Å². The van der Waals surface area contributed by atoms with Crippen LogP contribution in [-0.4, -0.2) is 41.9 Å². The molecule has 0 saturated carbocycles. The van der Waals surface area contributed by atoms with E-state index in [2.05, 4.69) is 22.4 Å². The zero-order valence-electron chi connectivity index (χ0n) is 12.9. The second kappa shape index (κ2) is 8.70. The van der Waals surface area contributed by atoms with Gasteiger partial charge >= 0.3 is 5.97 Å². The number of pyridine rings is 1. The van der Waals surface area contributed by atoms with E-state index in [1.807, 2.05) is 0 Å². The SMILES string of the molecule is NC(CCOCCCCc1ccc2c(n1)NCCC2)C(=O)O. The first-order valence-electron chi connectivity index (χ1n) is 7.95. The number of carboxylic acids is 1. The Hall–Kier alpha value is -1.66. The average Bonchev–Trinajstić information content (AvgIpc) is 2.53. The standard InChI is InChI=1S/C16H25N3O3/c17-14(16(20)21)8-11-22-10-2-1-5-13-7-6-12-4-3-9-18-15(12)19-13/h6-7,14H,1-5,8-11,17H2,(H,18,19)(H,20,21). The highest BCUT2D eigenvalue weighted by atomic mass is 16.5. The van der Waals surface area contributed by atoms with Crippen molar-refractivity contribution in [1.29, 1.82) is 0 Å². The fourth-order valence-electron chi connectivity index (χ4n) is 2.45. The summed E-state index contributed by atoms with van der Waals surface area (Å²) in [7, 11) is 0. The molecule has 4 N–H and O–H groups in total. The summed E-state index contributed by atoms with van der Waals surface area (Å²) in [6.07, 6.45) is 5.53. The van der Waals surface area contributed by atoms with Crippen molar-refractivity contribution in [2.45, 2.75) is 44.6 Å². The summed E-state index contributed by atoms with van der Waals surface area (Å²) in [6, 6.07) is 3.46. The molecule has 122 valence electrons. The number of hydrogen-bond donors (Lipinski definition) is 3. The fourth-order valence-corrected chi connectivity index (χ4v) is 2.45. The third-order valence-corrected chi connectivity index (χ3v) is 3.81. The Balaban J connectivity index is 1.58. The number of carboxylic acid groups (broad SMARTS) is 1. The summed E-state index contributed by atoms with van der Waals surface area (Å²) in [5, 5.41) is 12.0. The minimum Gasteiger partial charge on any atom is -0.480 e. The van der Waals surface area contributed by atoms with Gasteiger partial charge in [-0.2, -0.15) is 0 Å². The van der Waals surface area contributed by atoms with Crippen molar-refractivity contribution >= 4 is 11.8 Å². The first kappa shape index (κ1) is 16.7. The molecule has 0 radical (unpaired) electrons. The van der Waals surface area contributed by atoms with Crippen molar-refractivity contribution in [3.05, 3.63) is 23.4 Å². The monoisotopic (exact) mass is 307 g/mol. The van der Waals surface area contributed by atoms with Crippen molar-refractivity contribution in [2.24, 2.45) is 5.73 Å². The summed E-state index contributed by atoms with van der Waals surface area (Å²) < 4.78 is 5.41. The first-order chi connectivity index (χ1) is 10.7. The Morgan fingerprint density at radius 3 is 3.09 bits per heavy atom. The van der Waals surface area contributed by atoms with Crippen LogP contribution in [0.2, 0.25) is 0 Å². The summed E-state index contributed by atoms with van der Waals surface area (Å²) >= 11 is 0. The van der Waals surface area contributed by atoms with Gasteiger partial charge in [0.2, 0.25) is 0 Å². The van der Waals surface area contributed by atoms with E-state index in [1.165, 1.54) is 12.0 Å². The molecule has 0 aliphatic carbocycles. The topological polar surface area (TPSA) is 97.5 Å². The van der Waals surface area contributed by atoms with Gasteiger partial charge in [0.05, 0.1) is 0 Å². The quantitative estimate of drug-likeness (QED) is 0.599. The van der Waals surface area contributed by atoms with Gasteiger partial charge in [-0.15, -0.1) is 0 Å². The molecule has 6 heteroatoms. The highest BCUT2D eigenvalue weighted by Crippen LogP contribution is 2.20. The lowest BCUT2D eigenvalue weighted by Crippen LogP contribution is -2.31. The van der Waals surface area contributed by atoms with Crippen LogP contribution in [0.3, 0.4) is 0 Å². The molecular formula is C16H25N3O3. The molecule has 0 amide bonds. The minimum atomic E-state index is -0.976. The van der Waals surface area contributed by atoms with Crippen LogP contribution < -0.4 is 11.1 Å². The molecule has 0 saturated heterocycles. The summed E-state index contributed by atoms with van der Waals surface area (Å²) in [5.74, 6) is 0.0679. The Morgan fingerprint density at radius 2 is 2.27 bits per heavy atom. The Kier molecular flexibility index (Phi) is 6.61. The van der Waals surface area contributed by atoms with Crippen LogP contribution >= 0.6 is 0 Å². The van der Waals surface area contributed by atoms with Crippen molar-refractivity contribution in [3.8, 4) is 0 Å². The molecule has 2 rings (SSSR count). The third kappa shape index (κ3) is 5.27. The van der Waals surface area contributed by atoms with Crippen LogP contribution in [0.5, 0.6) is 0 Å². The summed E-state index contributed by atoms with van der Waals surface area (Å²) in [4.78, 5) is 15.2. The molecule has 1 aromatic heterocycles. The first-order valence-corrected chi connectivity index (χ1v) is 7.95. The molecule has 1 aliphatic heterocycles. The molecule has 1 aliphatic rings. The molecule has 1 aromatic rings. The lowest BCUT2D eigenvalue weighted by atomic mass is 10.1. The number of unbranched alkanes of at least 4 members (excludes halogenated alkanes) is 1. The maximum atomic E-state index is 10.5. The van der Waals surface area contributed by atoms with Crippen molar-refractivity contribution < 1.29 is 14.6 Å². The number of aliphatic carboxylic acids is 1. The number of aromatic nitrogens is 1. The number of rotatable bonds is 9. The molecule has 0 fully saturated rings. The molecule has 1 atom stereocenters.